The maximum Gasteiger partial charge on any atom is 0.337 e. The van der Waals surface area contributed by atoms with Gasteiger partial charge in [0.05, 0.1) is 19.2 Å². The van der Waals surface area contributed by atoms with Crippen molar-refractivity contribution in [3.63, 3.8) is 0 Å². The van der Waals surface area contributed by atoms with Gasteiger partial charge >= 0.3 is 5.97 Å². The molecule has 0 aromatic heterocycles. The lowest BCUT2D eigenvalue weighted by molar-refractivity contribution is -0.117. The fraction of sp³-hybridized carbons (Fsp3) is 0.300. The summed E-state index contributed by atoms with van der Waals surface area (Å²) in [6, 6.07) is 17.0. The minimum absolute atomic E-state index is 0.119. The Hall–Kier alpha value is -2.66. The lowest BCUT2D eigenvalue weighted by atomic mass is 10.2. The highest BCUT2D eigenvalue weighted by molar-refractivity contribution is 5.95. The van der Waals surface area contributed by atoms with E-state index in [2.05, 4.69) is 24.1 Å². The molecule has 5 nitrogen and oxygen atoms in total. The molecule has 5 heteroatoms. The summed E-state index contributed by atoms with van der Waals surface area (Å²) in [5.41, 5.74) is 2.15. The molecule has 0 unspecified atom stereocenters. The zero-order valence-corrected chi connectivity index (χ0v) is 14.9. The van der Waals surface area contributed by atoms with E-state index in [1.807, 2.05) is 30.3 Å². The summed E-state index contributed by atoms with van der Waals surface area (Å²) >= 11 is 0. The van der Waals surface area contributed by atoms with Crippen LogP contribution in [0.2, 0.25) is 0 Å². The van der Waals surface area contributed by atoms with E-state index in [1.54, 1.807) is 24.3 Å². The van der Waals surface area contributed by atoms with E-state index in [1.165, 1.54) is 7.11 Å². The van der Waals surface area contributed by atoms with E-state index < -0.39 is 5.97 Å². The molecule has 2 rings (SSSR count). The Kier molecular flexibility index (Phi) is 6.71. The summed E-state index contributed by atoms with van der Waals surface area (Å²) in [5, 5.41) is 2.84. The lowest BCUT2D eigenvalue weighted by Gasteiger charge is -2.26. The van der Waals surface area contributed by atoms with Crippen LogP contribution in [0.15, 0.2) is 54.6 Å². The summed E-state index contributed by atoms with van der Waals surface area (Å²) in [6.45, 7) is 5.10. The molecule has 0 radical (unpaired) electrons. The van der Waals surface area contributed by atoms with Crippen molar-refractivity contribution in [1.82, 2.24) is 4.90 Å². The highest BCUT2D eigenvalue weighted by Crippen LogP contribution is 2.13. The second-order valence-corrected chi connectivity index (χ2v) is 6.10. The van der Waals surface area contributed by atoms with Crippen LogP contribution in [0.25, 0.3) is 0 Å². The van der Waals surface area contributed by atoms with Crippen molar-refractivity contribution in [2.45, 2.75) is 26.4 Å². The van der Waals surface area contributed by atoms with E-state index in [9.17, 15) is 9.59 Å². The van der Waals surface area contributed by atoms with Gasteiger partial charge in [-0.25, -0.2) is 4.79 Å². The molecule has 1 amide bonds. The average Bonchev–Trinajstić information content (AvgIpc) is 2.61. The summed E-state index contributed by atoms with van der Waals surface area (Å²) in [5.74, 6) is -0.546. The van der Waals surface area contributed by atoms with Gasteiger partial charge in [0.25, 0.3) is 0 Å². The molecule has 0 spiro atoms. The van der Waals surface area contributed by atoms with E-state index >= 15 is 0 Å². The third-order valence-corrected chi connectivity index (χ3v) is 3.87. The van der Waals surface area contributed by atoms with Gasteiger partial charge < -0.3 is 10.1 Å². The first kappa shape index (κ1) is 18.7. The summed E-state index contributed by atoms with van der Waals surface area (Å²) in [7, 11) is 1.33. The van der Waals surface area contributed by atoms with Crippen molar-refractivity contribution in [3.05, 3.63) is 65.7 Å². The Labute approximate surface area is 148 Å². The van der Waals surface area contributed by atoms with Gasteiger partial charge in [-0.15, -0.1) is 0 Å². The first-order valence-electron chi connectivity index (χ1n) is 8.26. The van der Waals surface area contributed by atoms with Crippen molar-refractivity contribution in [2.24, 2.45) is 0 Å². The molecule has 0 bridgehead atoms. The fourth-order valence-corrected chi connectivity index (χ4v) is 2.47. The van der Waals surface area contributed by atoms with Crippen LogP contribution in [-0.2, 0) is 16.1 Å². The molecule has 132 valence electrons. The number of methoxy groups -OCH3 is 1. The van der Waals surface area contributed by atoms with Gasteiger partial charge in [0.2, 0.25) is 5.91 Å². The number of amides is 1. The number of benzene rings is 2. The zero-order valence-electron chi connectivity index (χ0n) is 14.9. The molecule has 0 saturated heterocycles. The van der Waals surface area contributed by atoms with Crippen LogP contribution in [0.5, 0.6) is 0 Å². The standard InChI is InChI=1S/C20H24N2O3/c1-15(2)22(13-16-8-5-4-6-9-16)14-19(23)21-18-11-7-10-17(12-18)20(24)25-3/h4-12,15H,13-14H2,1-3H3,(H,21,23). The Bertz CT molecular complexity index is 714. The number of ether oxygens (including phenoxy) is 1. The molecule has 0 aliphatic carbocycles. The van der Waals surface area contributed by atoms with Crippen molar-refractivity contribution >= 4 is 17.6 Å². The molecule has 0 heterocycles. The van der Waals surface area contributed by atoms with Gasteiger partial charge in [0, 0.05) is 18.3 Å². The second-order valence-electron chi connectivity index (χ2n) is 6.10. The normalized spacial score (nSPS) is 10.8. The Balaban J connectivity index is 2.00. The van der Waals surface area contributed by atoms with Gasteiger partial charge in [0.1, 0.15) is 0 Å². The SMILES string of the molecule is COC(=O)c1cccc(NC(=O)CN(Cc2ccccc2)C(C)C)c1. The number of rotatable bonds is 7. The van der Waals surface area contributed by atoms with Crippen molar-refractivity contribution < 1.29 is 14.3 Å². The van der Waals surface area contributed by atoms with Gasteiger partial charge in [-0.3, -0.25) is 9.69 Å². The third kappa shape index (κ3) is 5.72. The molecule has 2 aromatic rings. The Morgan fingerprint density at radius 3 is 2.44 bits per heavy atom. The molecule has 1 N–H and O–H groups in total. The van der Waals surface area contributed by atoms with Gasteiger partial charge in [-0.05, 0) is 37.6 Å². The van der Waals surface area contributed by atoms with Gasteiger partial charge in [-0.1, -0.05) is 36.4 Å². The molecular formula is C20H24N2O3. The predicted molar refractivity (Wildman–Crippen MR) is 98.4 cm³/mol. The second kappa shape index (κ2) is 8.99. The number of nitrogens with zero attached hydrogens (tertiary/aromatic N) is 1. The molecule has 0 aliphatic rings. The minimum atomic E-state index is -0.427. The lowest BCUT2D eigenvalue weighted by Crippen LogP contribution is -2.37. The summed E-state index contributed by atoms with van der Waals surface area (Å²) < 4.78 is 4.70. The molecule has 25 heavy (non-hydrogen) atoms. The number of hydrogen-bond acceptors (Lipinski definition) is 4. The highest BCUT2D eigenvalue weighted by atomic mass is 16.5. The highest BCUT2D eigenvalue weighted by Gasteiger charge is 2.15. The number of carbonyl (C=O) groups is 2. The van der Waals surface area contributed by atoms with Crippen LogP contribution in [0.4, 0.5) is 5.69 Å². The van der Waals surface area contributed by atoms with Crippen LogP contribution >= 0.6 is 0 Å². The molecule has 0 aliphatic heterocycles. The maximum absolute atomic E-state index is 12.4. The van der Waals surface area contributed by atoms with E-state index in [0.29, 0.717) is 17.8 Å². The molecular weight excluding hydrogens is 316 g/mol. The van der Waals surface area contributed by atoms with Gasteiger partial charge in [0.15, 0.2) is 0 Å². The van der Waals surface area contributed by atoms with E-state index in [0.717, 1.165) is 5.56 Å². The van der Waals surface area contributed by atoms with Crippen molar-refractivity contribution in [3.8, 4) is 0 Å². The average molecular weight is 340 g/mol. The zero-order chi connectivity index (χ0) is 18.2. The van der Waals surface area contributed by atoms with E-state index in [4.69, 9.17) is 4.74 Å². The summed E-state index contributed by atoms with van der Waals surface area (Å²) in [4.78, 5) is 26.1. The van der Waals surface area contributed by atoms with E-state index in [-0.39, 0.29) is 18.5 Å². The number of anilines is 1. The quantitative estimate of drug-likeness (QED) is 0.786. The minimum Gasteiger partial charge on any atom is -0.465 e. The van der Waals surface area contributed by atoms with Crippen LogP contribution in [0.3, 0.4) is 0 Å². The van der Waals surface area contributed by atoms with Crippen molar-refractivity contribution in [1.29, 1.82) is 0 Å². The Morgan fingerprint density at radius 1 is 1.08 bits per heavy atom. The number of esters is 1. The number of carbonyl (C=O) groups excluding carboxylic acids is 2. The van der Waals surface area contributed by atoms with Gasteiger partial charge in [-0.2, -0.15) is 0 Å². The summed E-state index contributed by atoms with van der Waals surface area (Å²) in [6.07, 6.45) is 0. The third-order valence-electron chi connectivity index (χ3n) is 3.87. The van der Waals surface area contributed by atoms with Crippen LogP contribution in [-0.4, -0.2) is 36.5 Å². The molecule has 0 fully saturated rings. The van der Waals surface area contributed by atoms with Crippen LogP contribution < -0.4 is 5.32 Å². The largest absolute Gasteiger partial charge is 0.465 e. The number of hydrogen-bond donors (Lipinski definition) is 1. The van der Waals surface area contributed by atoms with Crippen LogP contribution in [0.1, 0.15) is 29.8 Å². The topological polar surface area (TPSA) is 58.6 Å². The Morgan fingerprint density at radius 2 is 1.80 bits per heavy atom. The number of nitrogens with one attached hydrogen (secondary N) is 1. The molecule has 2 aromatic carbocycles. The van der Waals surface area contributed by atoms with Crippen LogP contribution in [0, 0.1) is 0 Å². The first-order chi connectivity index (χ1) is 12.0. The maximum atomic E-state index is 12.4. The monoisotopic (exact) mass is 340 g/mol. The predicted octanol–water partition coefficient (Wildman–Crippen LogP) is 3.32. The molecule has 0 saturated carbocycles. The fourth-order valence-electron chi connectivity index (χ4n) is 2.47. The smallest absolute Gasteiger partial charge is 0.337 e. The molecule has 0 atom stereocenters. The first-order valence-corrected chi connectivity index (χ1v) is 8.26. The van der Waals surface area contributed by atoms with Crippen molar-refractivity contribution in [2.75, 3.05) is 19.0 Å².